The van der Waals surface area contributed by atoms with Crippen LogP contribution in [0.3, 0.4) is 0 Å². The van der Waals surface area contributed by atoms with E-state index in [0.29, 0.717) is 17.1 Å². The Morgan fingerprint density at radius 1 is 1.39 bits per heavy atom. The third kappa shape index (κ3) is 2.60. The molecular formula is C13H11BrN4. The van der Waals surface area contributed by atoms with Gasteiger partial charge < -0.3 is 11.1 Å². The fraction of sp³-hybridized carbons (Fsp3) is 0.0769. The van der Waals surface area contributed by atoms with Crippen LogP contribution in [0.5, 0.6) is 0 Å². The first-order valence-corrected chi connectivity index (χ1v) is 6.08. The molecule has 0 spiro atoms. The van der Waals surface area contributed by atoms with E-state index in [1.54, 1.807) is 12.3 Å². The number of hydrogen-bond donors (Lipinski definition) is 2. The molecule has 2 aromatic rings. The minimum atomic E-state index is 0.359. The van der Waals surface area contributed by atoms with Crippen molar-refractivity contribution < 1.29 is 0 Å². The first-order chi connectivity index (χ1) is 8.60. The molecule has 0 amide bonds. The number of halogens is 1. The zero-order valence-electron chi connectivity index (χ0n) is 9.74. The number of anilines is 3. The second-order valence-corrected chi connectivity index (χ2v) is 4.79. The number of nitrogens with two attached hydrogens (primary N) is 1. The zero-order valence-corrected chi connectivity index (χ0v) is 11.3. The summed E-state index contributed by atoms with van der Waals surface area (Å²) in [6, 6.07) is 9.53. The molecule has 0 saturated heterocycles. The topological polar surface area (TPSA) is 74.7 Å². The van der Waals surface area contributed by atoms with E-state index in [1.807, 2.05) is 31.2 Å². The molecule has 0 unspecified atom stereocenters. The quantitative estimate of drug-likeness (QED) is 0.892. The lowest BCUT2D eigenvalue weighted by Gasteiger charge is -2.10. The number of nitriles is 1. The number of pyridine rings is 1. The van der Waals surface area contributed by atoms with Gasteiger partial charge in [0, 0.05) is 16.4 Å². The van der Waals surface area contributed by atoms with Crippen molar-refractivity contribution >= 4 is 33.1 Å². The van der Waals surface area contributed by atoms with E-state index in [9.17, 15) is 0 Å². The first kappa shape index (κ1) is 12.4. The van der Waals surface area contributed by atoms with Crippen LogP contribution in [0.15, 0.2) is 34.9 Å². The van der Waals surface area contributed by atoms with Crippen molar-refractivity contribution in [1.29, 1.82) is 5.26 Å². The van der Waals surface area contributed by atoms with Gasteiger partial charge >= 0.3 is 0 Å². The lowest BCUT2D eigenvalue weighted by atomic mass is 10.2. The predicted octanol–water partition coefficient (Wildman–Crippen LogP) is 3.35. The van der Waals surface area contributed by atoms with Crippen molar-refractivity contribution in [3.63, 3.8) is 0 Å². The molecule has 0 radical (unpaired) electrons. The van der Waals surface area contributed by atoms with Crippen molar-refractivity contribution in [3.05, 3.63) is 46.1 Å². The molecule has 1 aromatic heterocycles. The predicted molar refractivity (Wildman–Crippen MR) is 75.5 cm³/mol. The van der Waals surface area contributed by atoms with Gasteiger partial charge in [0.05, 0.1) is 11.3 Å². The second kappa shape index (κ2) is 5.07. The molecule has 0 aliphatic carbocycles. The molecule has 1 heterocycles. The highest BCUT2D eigenvalue weighted by Gasteiger charge is 2.06. The summed E-state index contributed by atoms with van der Waals surface area (Å²) in [5.74, 6) is 0.492. The van der Waals surface area contributed by atoms with Gasteiger partial charge in [-0.25, -0.2) is 4.98 Å². The Hall–Kier alpha value is -2.06. The second-order valence-electron chi connectivity index (χ2n) is 3.87. The maximum Gasteiger partial charge on any atom is 0.154 e. The fourth-order valence-electron chi connectivity index (χ4n) is 1.62. The van der Waals surface area contributed by atoms with Crippen LogP contribution in [0.25, 0.3) is 0 Å². The molecule has 2 rings (SSSR count). The normalized spacial score (nSPS) is 9.83. The first-order valence-electron chi connectivity index (χ1n) is 5.29. The van der Waals surface area contributed by atoms with Crippen LogP contribution in [0, 0.1) is 18.3 Å². The Morgan fingerprint density at radius 2 is 2.17 bits per heavy atom. The molecular weight excluding hydrogens is 292 g/mol. The molecule has 0 aliphatic heterocycles. The van der Waals surface area contributed by atoms with E-state index < -0.39 is 0 Å². The van der Waals surface area contributed by atoms with Crippen molar-refractivity contribution in [3.8, 4) is 6.07 Å². The average molecular weight is 303 g/mol. The van der Waals surface area contributed by atoms with Crippen LogP contribution in [-0.2, 0) is 0 Å². The molecule has 1 aromatic carbocycles. The summed E-state index contributed by atoms with van der Waals surface area (Å²) in [5, 5.41) is 12.0. The highest BCUT2D eigenvalue weighted by atomic mass is 79.9. The van der Waals surface area contributed by atoms with Crippen LogP contribution < -0.4 is 11.1 Å². The Kier molecular flexibility index (Phi) is 3.49. The third-order valence-electron chi connectivity index (χ3n) is 2.42. The molecule has 0 saturated carbocycles. The smallest absolute Gasteiger partial charge is 0.154 e. The number of nitrogens with zero attached hydrogens (tertiary/aromatic N) is 2. The van der Waals surface area contributed by atoms with Crippen LogP contribution in [0.4, 0.5) is 17.2 Å². The molecule has 0 fully saturated rings. The van der Waals surface area contributed by atoms with Gasteiger partial charge in [-0.3, -0.25) is 0 Å². The number of rotatable bonds is 2. The van der Waals surface area contributed by atoms with Crippen molar-refractivity contribution in [2.45, 2.75) is 6.92 Å². The summed E-state index contributed by atoms with van der Waals surface area (Å²) in [6.07, 6.45) is 1.56. The van der Waals surface area contributed by atoms with Crippen molar-refractivity contribution in [2.75, 3.05) is 11.1 Å². The van der Waals surface area contributed by atoms with Crippen molar-refractivity contribution in [1.82, 2.24) is 4.98 Å². The number of nitrogen functional groups attached to an aromatic ring is 1. The summed E-state index contributed by atoms with van der Waals surface area (Å²) in [4.78, 5) is 4.14. The number of aromatic nitrogens is 1. The highest BCUT2D eigenvalue weighted by molar-refractivity contribution is 9.10. The zero-order chi connectivity index (χ0) is 13.1. The standard InChI is InChI=1S/C13H11BrN4/c1-8-4-10(14)6-11(5-8)18-13-12(16)9(7-15)2-3-17-13/h2-6H,16H2,1H3,(H,17,18). The Morgan fingerprint density at radius 3 is 2.83 bits per heavy atom. The van der Waals surface area contributed by atoms with E-state index >= 15 is 0 Å². The van der Waals surface area contributed by atoms with Crippen LogP contribution in [0.1, 0.15) is 11.1 Å². The van der Waals surface area contributed by atoms with Gasteiger partial charge in [-0.05, 0) is 36.8 Å². The van der Waals surface area contributed by atoms with E-state index in [4.69, 9.17) is 11.0 Å². The SMILES string of the molecule is Cc1cc(Br)cc(Nc2nccc(C#N)c2N)c1. The fourth-order valence-corrected chi connectivity index (χ4v) is 2.22. The van der Waals surface area contributed by atoms with Gasteiger partial charge in [0.25, 0.3) is 0 Å². The molecule has 3 N–H and O–H groups in total. The number of aryl methyl sites for hydroxylation is 1. The minimum Gasteiger partial charge on any atom is -0.395 e. The van der Waals surface area contributed by atoms with E-state index in [-0.39, 0.29) is 0 Å². The van der Waals surface area contributed by atoms with Gasteiger partial charge in [-0.15, -0.1) is 0 Å². The molecule has 5 heteroatoms. The number of nitrogens with one attached hydrogen (secondary N) is 1. The van der Waals surface area contributed by atoms with E-state index in [1.165, 1.54) is 0 Å². The van der Waals surface area contributed by atoms with Gasteiger partial charge in [0.15, 0.2) is 5.82 Å². The lowest BCUT2D eigenvalue weighted by molar-refractivity contribution is 1.29. The Bertz CT molecular complexity index is 611. The van der Waals surface area contributed by atoms with E-state index in [2.05, 4.69) is 26.2 Å². The summed E-state index contributed by atoms with van der Waals surface area (Å²) < 4.78 is 0.972. The number of hydrogen-bond acceptors (Lipinski definition) is 4. The Balaban J connectivity index is 2.37. The van der Waals surface area contributed by atoms with Gasteiger partial charge in [0.1, 0.15) is 6.07 Å². The largest absolute Gasteiger partial charge is 0.395 e. The summed E-state index contributed by atoms with van der Waals surface area (Å²) in [6.45, 7) is 2.00. The number of benzene rings is 1. The molecule has 0 bridgehead atoms. The maximum absolute atomic E-state index is 8.90. The Labute approximate surface area is 114 Å². The minimum absolute atomic E-state index is 0.359. The molecule has 0 atom stereocenters. The molecule has 90 valence electrons. The van der Waals surface area contributed by atoms with Gasteiger partial charge in [0.2, 0.25) is 0 Å². The van der Waals surface area contributed by atoms with E-state index in [0.717, 1.165) is 15.7 Å². The van der Waals surface area contributed by atoms with Gasteiger partial charge in [-0.1, -0.05) is 15.9 Å². The van der Waals surface area contributed by atoms with Crippen LogP contribution in [-0.4, -0.2) is 4.98 Å². The van der Waals surface area contributed by atoms with Crippen LogP contribution >= 0.6 is 15.9 Å². The summed E-state index contributed by atoms with van der Waals surface area (Å²) >= 11 is 3.43. The molecule has 18 heavy (non-hydrogen) atoms. The molecule has 0 aliphatic rings. The van der Waals surface area contributed by atoms with Gasteiger partial charge in [-0.2, -0.15) is 5.26 Å². The third-order valence-corrected chi connectivity index (χ3v) is 2.87. The lowest BCUT2D eigenvalue weighted by Crippen LogP contribution is -2.01. The highest BCUT2D eigenvalue weighted by Crippen LogP contribution is 2.26. The van der Waals surface area contributed by atoms with Crippen molar-refractivity contribution in [2.24, 2.45) is 0 Å². The summed E-state index contributed by atoms with van der Waals surface area (Å²) in [5.41, 5.74) is 8.62. The monoisotopic (exact) mass is 302 g/mol. The maximum atomic E-state index is 8.90. The summed E-state index contributed by atoms with van der Waals surface area (Å²) in [7, 11) is 0. The van der Waals surface area contributed by atoms with Crippen LogP contribution in [0.2, 0.25) is 0 Å². The average Bonchev–Trinajstić information content (AvgIpc) is 2.30. The molecule has 4 nitrogen and oxygen atoms in total.